The van der Waals surface area contributed by atoms with Crippen LogP contribution in [-0.2, 0) is 23.8 Å². The monoisotopic (exact) mass is 256 g/mol. The van der Waals surface area contributed by atoms with Crippen LogP contribution in [0.3, 0.4) is 0 Å². The molecule has 1 rings (SSSR count). The third-order valence-electron chi connectivity index (χ3n) is 2.60. The fourth-order valence-corrected chi connectivity index (χ4v) is 1.65. The van der Waals surface area contributed by atoms with Crippen molar-refractivity contribution in [3.8, 4) is 0 Å². The molecule has 5 heteroatoms. The molecular weight excluding hydrogens is 236 g/mol. The largest absolute Gasteiger partial charge is 0.463 e. The van der Waals surface area contributed by atoms with Crippen molar-refractivity contribution >= 4 is 11.9 Å². The molecule has 1 fully saturated rings. The molecule has 0 amide bonds. The number of carbonyl (C=O) groups is 2. The van der Waals surface area contributed by atoms with Crippen molar-refractivity contribution in [2.24, 2.45) is 0 Å². The summed E-state index contributed by atoms with van der Waals surface area (Å²) in [6.07, 6.45) is 4.49. The maximum absolute atomic E-state index is 11.5. The standard InChI is InChI=1S/C13H20O5/c1-2-12(14)17-9-4-3-7-13(15)18-11-6-5-8-16-10-11/h2,11H,1,3-10H2/t11-/m0/s1. The second-order valence-corrected chi connectivity index (χ2v) is 4.16. The molecule has 0 bridgehead atoms. The molecule has 5 nitrogen and oxygen atoms in total. The SMILES string of the molecule is C=CC(=O)OCCCCC(=O)O[C@H]1CCCOC1. The summed E-state index contributed by atoms with van der Waals surface area (Å²) in [6, 6.07) is 0. The second kappa shape index (κ2) is 8.69. The predicted octanol–water partition coefficient (Wildman–Crippen LogP) is 1.61. The molecule has 0 aromatic rings. The Hall–Kier alpha value is -1.36. The molecule has 1 saturated heterocycles. The number of rotatable bonds is 7. The third-order valence-corrected chi connectivity index (χ3v) is 2.60. The minimum absolute atomic E-state index is 0.0927. The van der Waals surface area contributed by atoms with Gasteiger partial charge in [-0.2, -0.15) is 0 Å². The molecule has 0 radical (unpaired) electrons. The van der Waals surface area contributed by atoms with Gasteiger partial charge in [0.15, 0.2) is 0 Å². The molecule has 0 aromatic carbocycles. The fraction of sp³-hybridized carbons (Fsp3) is 0.692. The summed E-state index contributed by atoms with van der Waals surface area (Å²) < 4.78 is 15.3. The molecule has 0 spiro atoms. The van der Waals surface area contributed by atoms with Crippen LogP contribution in [-0.4, -0.2) is 37.9 Å². The van der Waals surface area contributed by atoms with E-state index < -0.39 is 5.97 Å². The van der Waals surface area contributed by atoms with Gasteiger partial charge in [0.1, 0.15) is 6.10 Å². The molecule has 1 atom stereocenters. The minimum atomic E-state index is -0.433. The number of ether oxygens (including phenoxy) is 3. The first-order valence-electron chi connectivity index (χ1n) is 6.29. The van der Waals surface area contributed by atoms with Gasteiger partial charge < -0.3 is 14.2 Å². The van der Waals surface area contributed by atoms with Crippen LogP contribution in [0.1, 0.15) is 32.1 Å². The Morgan fingerprint density at radius 1 is 1.39 bits per heavy atom. The van der Waals surface area contributed by atoms with E-state index in [1.807, 2.05) is 0 Å². The van der Waals surface area contributed by atoms with E-state index in [-0.39, 0.29) is 12.1 Å². The first-order chi connectivity index (χ1) is 8.72. The Balaban J connectivity index is 1.99. The molecule has 0 N–H and O–H groups in total. The molecule has 1 aliphatic rings. The lowest BCUT2D eigenvalue weighted by Crippen LogP contribution is -2.27. The Morgan fingerprint density at radius 2 is 2.22 bits per heavy atom. The lowest BCUT2D eigenvalue weighted by molar-refractivity contribution is -0.155. The molecule has 0 unspecified atom stereocenters. The second-order valence-electron chi connectivity index (χ2n) is 4.16. The fourth-order valence-electron chi connectivity index (χ4n) is 1.65. The van der Waals surface area contributed by atoms with E-state index in [2.05, 4.69) is 6.58 Å². The van der Waals surface area contributed by atoms with Gasteiger partial charge >= 0.3 is 11.9 Å². The van der Waals surface area contributed by atoms with Crippen LogP contribution in [0.15, 0.2) is 12.7 Å². The van der Waals surface area contributed by atoms with Gasteiger partial charge in [0.05, 0.1) is 13.2 Å². The Bertz CT molecular complexity index is 281. The van der Waals surface area contributed by atoms with E-state index in [9.17, 15) is 9.59 Å². The van der Waals surface area contributed by atoms with Crippen LogP contribution in [0, 0.1) is 0 Å². The van der Waals surface area contributed by atoms with Crippen molar-refractivity contribution in [3.05, 3.63) is 12.7 Å². The third kappa shape index (κ3) is 6.39. The molecule has 1 heterocycles. The van der Waals surface area contributed by atoms with E-state index in [4.69, 9.17) is 14.2 Å². The zero-order chi connectivity index (χ0) is 13.2. The average molecular weight is 256 g/mol. The smallest absolute Gasteiger partial charge is 0.330 e. The minimum Gasteiger partial charge on any atom is -0.463 e. The summed E-state index contributed by atoms with van der Waals surface area (Å²) in [6.45, 7) is 4.86. The Kier molecular flexibility index (Phi) is 7.10. The first kappa shape index (κ1) is 14.7. The van der Waals surface area contributed by atoms with Crippen LogP contribution in [0.25, 0.3) is 0 Å². The van der Waals surface area contributed by atoms with Crippen LogP contribution < -0.4 is 0 Å². The number of esters is 2. The van der Waals surface area contributed by atoms with Crippen molar-refractivity contribution in [1.29, 1.82) is 0 Å². The van der Waals surface area contributed by atoms with Gasteiger partial charge in [-0.25, -0.2) is 4.79 Å². The number of hydrogen-bond donors (Lipinski definition) is 0. The summed E-state index contributed by atoms with van der Waals surface area (Å²) in [7, 11) is 0. The van der Waals surface area contributed by atoms with Crippen LogP contribution >= 0.6 is 0 Å². The van der Waals surface area contributed by atoms with Gasteiger partial charge in [-0.1, -0.05) is 6.58 Å². The highest BCUT2D eigenvalue weighted by molar-refractivity contribution is 5.81. The molecule has 0 saturated carbocycles. The predicted molar refractivity (Wildman–Crippen MR) is 64.9 cm³/mol. The molecule has 0 aromatic heterocycles. The van der Waals surface area contributed by atoms with E-state index >= 15 is 0 Å². The lowest BCUT2D eigenvalue weighted by Gasteiger charge is -2.22. The summed E-state index contributed by atoms with van der Waals surface area (Å²) in [5.74, 6) is -0.641. The van der Waals surface area contributed by atoms with Crippen molar-refractivity contribution in [3.63, 3.8) is 0 Å². The van der Waals surface area contributed by atoms with Crippen LogP contribution in [0.5, 0.6) is 0 Å². The highest BCUT2D eigenvalue weighted by atomic mass is 16.6. The van der Waals surface area contributed by atoms with Gasteiger partial charge in [-0.05, 0) is 25.7 Å². The van der Waals surface area contributed by atoms with Crippen molar-refractivity contribution in [2.45, 2.75) is 38.2 Å². The highest BCUT2D eigenvalue weighted by Crippen LogP contribution is 2.11. The maximum Gasteiger partial charge on any atom is 0.330 e. The molecule has 18 heavy (non-hydrogen) atoms. The summed E-state index contributed by atoms with van der Waals surface area (Å²) in [5, 5.41) is 0. The van der Waals surface area contributed by atoms with Gasteiger partial charge in [0.25, 0.3) is 0 Å². The van der Waals surface area contributed by atoms with Gasteiger partial charge in [0.2, 0.25) is 0 Å². The number of hydrogen-bond acceptors (Lipinski definition) is 5. The Labute approximate surface area is 107 Å². The zero-order valence-electron chi connectivity index (χ0n) is 10.6. The van der Waals surface area contributed by atoms with Gasteiger partial charge in [-0.3, -0.25) is 4.79 Å². The van der Waals surface area contributed by atoms with Crippen molar-refractivity contribution in [1.82, 2.24) is 0 Å². The molecule has 0 aliphatic carbocycles. The lowest BCUT2D eigenvalue weighted by atomic mass is 10.2. The first-order valence-corrected chi connectivity index (χ1v) is 6.29. The quantitative estimate of drug-likeness (QED) is 0.393. The van der Waals surface area contributed by atoms with E-state index in [1.165, 1.54) is 0 Å². The average Bonchev–Trinajstić information content (AvgIpc) is 2.39. The summed E-state index contributed by atoms with van der Waals surface area (Å²) in [5.41, 5.74) is 0. The van der Waals surface area contributed by atoms with E-state index in [0.29, 0.717) is 32.5 Å². The highest BCUT2D eigenvalue weighted by Gasteiger charge is 2.17. The molecular formula is C13H20O5. The van der Waals surface area contributed by atoms with Crippen molar-refractivity contribution < 1.29 is 23.8 Å². The van der Waals surface area contributed by atoms with Crippen LogP contribution in [0.2, 0.25) is 0 Å². The van der Waals surface area contributed by atoms with E-state index in [1.54, 1.807) is 0 Å². The van der Waals surface area contributed by atoms with Crippen LogP contribution in [0.4, 0.5) is 0 Å². The molecule has 1 aliphatic heterocycles. The summed E-state index contributed by atoms with van der Waals surface area (Å²) in [4.78, 5) is 22.2. The maximum atomic E-state index is 11.5. The number of carbonyl (C=O) groups excluding carboxylic acids is 2. The normalized spacial score (nSPS) is 19.0. The molecule has 102 valence electrons. The van der Waals surface area contributed by atoms with Gasteiger partial charge in [-0.15, -0.1) is 0 Å². The number of unbranched alkanes of at least 4 members (excludes halogenated alkanes) is 1. The Morgan fingerprint density at radius 3 is 2.89 bits per heavy atom. The zero-order valence-corrected chi connectivity index (χ0v) is 10.6. The van der Waals surface area contributed by atoms with E-state index in [0.717, 1.165) is 25.5 Å². The topological polar surface area (TPSA) is 61.8 Å². The summed E-state index contributed by atoms with van der Waals surface area (Å²) >= 11 is 0. The van der Waals surface area contributed by atoms with Crippen molar-refractivity contribution in [2.75, 3.05) is 19.8 Å². The van der Waals surface area contributed by atoms with Gasteiger partial charge in [0, 0.05) is 19.1 Å².